The second-order valence-electron chi connectivity index (χ2n) is 14.5. The summed E-state index contributed by atoms with van der Waals surface area (Å²) in [5.41, 5.74) is 13.8. The molecule has 49 heavy (non-hydrogen) atoms. The van der Waals surface area contributed by atoms with Gasteiger partial charge < -0.3 is 13.7 Å². The molecule has 9 aromatic rings. The van der Waals surface area contributed by atoms with Gasteiger partial charge in [0.25, 0.3) is 0 Å². The molecule has 0 spiro atoms. The standard InChI is InChI=1S/C46H37N3/c1-46(2,3)30-22-25-41-37(28-30)36-24-27-43-44(45(36)49(41)32-16-8-5-9-17-32)38-29-33(23-26-42(38)47(43)31-14-6-4-7-15-31)48-39-20-12-10-18-34(39)35-19-11-13-21-40(35)48/h4-10,12-18,20-29H,11,19H2,1-3H3. The molecule has 0 bridgehead atoms. The first kappa shape index (κ1) is 28.2. The molecule has 0 unspecified atom stereocenters. The maximum atomic E-state index is 2.50. The number of allylic oxidation sites excluding steroid dienone is 1. The fourth-order valence-corrected chi connectivity index (χ4v) is 8.37. The lowest BCUT2D eigenvalue weighted by molar-refractivity contribution is 0.591. The molecule has 236 valence electrons. The maximum absolute atomic E-state index is 2.50. The predicted molar refractivity (Wildman–Crippen MR) is 208 cm³/mol. The largest absolute Gasteiger partial charge is 0.310 e. The number of benzene rings is 6. The van der Waals surface area contributed by atoms with Crippen molar-refractivity contribution in [2.24, 2.45) is 0 Å². The number of para-hydroxylation sites is 3. The van der Waals surface area contributed by atoms with Crippen molar-refractivity contribution in [3.05, 3.63) is 156 Å². The van der Waals surface area contributed by atoms with Crippen LogP contribution in [0.1, 0.15) is 44.0 Å². The smallest absolute Gasteiger partial charge is 0.0641 e. The van der Waals surface area contributed by atoms with E-state index < -0.39 is 0 Å². The van der Waals surface area contributed by atoms with E-state index in [0.717, 1.165) is 12.8 Å². The molecule has 0 atom stereocenters. The number of fused-ring (bicyclic) bond motifs is 10. The van der Waals surface area contributed by atoms with Gasteiger partial charge >= 0.3 is 0 Å². The van der Waals surface area contributed by atoms with Crippen molar-refractivity contribution >= 4 is 60.6 Å². The molecular weight excluding hydrogens is 595 g/mol. The van der Waals surface area contributed by atoms with E-state index >= 15 is 0 Å². The number of nitrogens with zero attached hydrogens (tertiary/aromatic N) is 3. The average Bonchev–Trinajstić information content (AvgIpc) is 3.77. The molecule has 1 aliphatic carbocycles. The highest BCUT2D eigenvalue weighted by atomic mass is 15.0. The Morgan fingerprint density at radius 3 is 1.92 bits per heavy atom. The van der Waals surface area contributed by atoms with Crippen molar-refractivity contribution in [2.75, 3.05) is 0 Å². The minimum atomic E-state index is 0.0464. The minimum Gasteiger partial charge on any atom is -0.310 e. The summed E-state index contributed by atoms with van der Waals surface area (Å²) in [5, 5.41) is 6.46. The van der Waals surface area contributed by atoms with Crippen LogP contribution in [0.5, 0.6) is 0 Å². The third-order valence-corrected chi connectivity index (χ3v) is 10.6. The van der Waals surface area contributed by atoms with Crippen LogP contribution in [0.3, 0.4) is 0 Å². The number of aromatic nitrogens is 3. The minimum absolute atomic E-state index is 0.0464. The van der Waals surface area contributed by atoms with Crippen LogP contribution >= 0.6 is 0 Å². The van der Waals surface area contributed by atoms with Gasteiger partial charge in [0, 0.05) is 49.7 Å². The molecule has 3 nitrogen and oxygen atoms in total. The lowest BCUT2D eigenvalue weighted by Crippen LogP contribution is -2.10. The van der Waals surface area contributed by atoms with Crippen molar-refractivity contribution in [2.45, 2.75) is 39.0 Å². The van der Waals surface area contributed by atoms with Crippen LogP contribution in [0.2, 0.25) is 0 Å². The summed E-state index contributed by atoms with van der Waals surface area (Å²) < 4.78 is 7.43. The average molecular weight is 632 g/mol. The summed E-state index contributed by atoms with van der Waals surface area (Å²) in [6, 6.07) is 49.5. The zero-order chi connectivity index (χ0) is 32.9. The Kier molecular flexibility index (Phi) is 5.96. The van der Waals surface area contributed by atoms with E-state index in [-0.39, 0.29) is 5.41 Å². The van der Waals surface area contributed by atoms with Gasteiger partial charge in [-0.1, -0.05) is 93.6 Å². The fraction of sp³-hybridized carbons (Fsp3) is 0.130. The molecule has 3 heterocycles. The summed E-state index contributed by atoms with van der Waals surface area (Å²) >= 11 is 0. The molecule has 0 saturated heterocycles. The summed E-state index contributed by atoms with van der Waals surface area (Å²) in [4.78, 5) is 0. The zero-order valence-corrected chi connectivity index (χ0v) is 28.1. The number of hydrogen-bond donors (Lipinski definition) is 0. The number of aryl methyl sites for hydroxylation is 1. The Morgan fingerprint density at radius 1 is 0.490 bits per heavy atom. The first-order valence-electron chi connectivity index (χ1n) is 17.4. The Labute approximate surface area is 285 Å². The van der Waals surface area contributed by atoms with Crippen molar-refractivity contribution < 1.29 is 0 Å². The summed E-state index contributed by atoms with van der Waals surface area (Å²) in [6.45, 7) is 6.91. The van der Waals surface area contributed by atoms with Crippen molar-refractivity contribution in [1.82, 2.24) is 13.7 Å². The first-order chi connectivity index (χ1) is 24.0. The molecule has 0 amide bonds. The third-order valence-electron chi connectivity index (χ3n) is 10.6. The van der Waals surface area contributed by atoms with Gasteiger partial charge in [-0.3, -0.25) is 0 Å². The normalized spacial score (nSPS) is 13.4. The quantitative estimate of drug-likeness (QED) is 0.184. The molecule has 0 saturated carbocycles. The van der Waals surface area contributed by atoms with Gasteiger partial charge in [-0.2, -0.15) is 0 Å². The molecule has 0 fully saturated rings. The highest BCUT2D eigenvalue weighted by molar-refractivity contribution is 6.26. The van der Waals surface area contributed by atoms with Crippen LogP contribution in [-0.2, 0) is 11.8 Å². The van der Waals surface area contributed by atoms with Crippen LogP contribution in [0.15, 0.2) is 140 Å². The lowest BCUT2D eigenvalue weighted by atomic mass is 9.86. The van der Waals surface area contributed by atoms with Gasteiger partial charge in [0.2, 0.25) is 0 Å². The van der Waals surface area contributed by atoms with Crippen LogP contribution < -0.4 is 0 Å². The molecule has 3 heteroatoms. The van der Waals surface area contributed by atoms with E-state index in [1.165, 1.54) is 88.4 Å². The summed E-state index contributed by atoms with van der Waals surface area (Å²) in [6.07, 6.45) is 6.81. The van der Waals surface area contributed by atoms with Gasteiger partial charge in [-0.15, -0.1) is 0 Å². The Hall–Kier alpha value is -5.80. The molecule has 0 radical (unpaired) electrons. The van der Waals surface area contributed by atoms with Crippen LogP contribution in [0, 0.1) is 0 Å². The highest BCUT2D eigenvalue weighted by Crippen LogP contribution is 2.44. The molecule has 3 aromatic heterocycles. The maximum Gasteiger partial charge on any atom is 0.0641 e. The predicted octanol–water partition coefficient (Wildman–Crippen LogP) is 12.1. The van der Waals surface area contributed by atoms with Gasteiger partial charge in [0.1, 0.15) is 0 Å². The van der Waals surface area contributed by atoms with Crippen molar-refractivity contribution in [3.63, 3.8) is 0 Å². The molecule has 1 aliphatic rings. The molecule has 10 rings (SSSR count). The Morgan fingerprint density at radius 2 is 1.14 bits per heavy atom. The van der Waals surface area contributed by atoms with Crippen molar-refractivity contribution in [1.29, 1.82) is 0 Å². The first-order valence-corrected chi connectivity index (χ1v) is 17.4. The van der Waals surface area contributed by atoms with E-state index in [1.54, 1.807) is 0 Å². The van der Waals surface area contributed by atoms with E-state index in [4.69, 9.17) is 0 Å². The third kappa shape index (κ3) is 4.09. The highest BCUT2D eigenvalue weighted by Gasteiger charge is 2.24. The summed E-state index contributed by atoms with van der Waals surface area (Å²) in [7, 11) is 0. The van der Waals surface area contributed by atoms with Gasteiger partial charge in [0.05, 0.1) is 27.6 Å². The van der Waals surface area contributed by atoms with E-state index in [2.05, 4.69) is 180 Å². The molecular formula is C46H37N3. The second kappa shape index (κ2) is 10.3. The number of rotatable bonds is 3. The Balaban J connectivity index is 1.39. The fourth-order valence-electron chi connectivity index (χ4n) is 8.37. The van der Waals surface area contributed by atoms with E-state index in [1.807, 2.05) is 0 Å². The van der Waals surface area contributed by atoms with Gasteiger partial charge in [-0.25, -0.2) is 0 Å². The topological polar surface area (TPSA) is 14.8 Å². The SMILES string of the molecule is CC(C)(C)c1ccc2c(c1)c1ccc3c(c4cc(-n5c6c(c7ccccc75)CCC=C6)ccc4n3-c3ccccc3)c1n2-c1ccccc1. The number of hydrogen-bond acceptors (Lipinski definition) is 0. The Bertz CT molecular complexity index is 2780. The van der Waals surface area contributed by atoms with E-state index in [9.17, 15) is 0 Å². The van der Waals surface area contributed by atoms with E-state index in [0.29, 0.717) is 0 Å². The van der Waals surface area contributed by atoms with Gasteiger partial charge in [0.15, 0.2) is 0 Å². The lowest BCUT2D eigenvalue weighted by Gasteiger charge is -2.19. The van der Waals surface area contributed by atoms with Crippen LogP contribution in [0.4, 0.5) is 0 Å². The van der Waals surface area contributed by atoms with Gasteiger partial charge in [-0.05, 0) is 102 Å². The second-order valence-corrected chi connectivity index (χ2v) is 14.5. The molecule has 0 N–H and O–H groups in total. The van der Waals surface area contributed by atoms with Crippen molar-refractivity contribution in [3.8, 4) is 17.1 Å². The monoisotopic (exact) mass is 631 g/mol. The molecule has 0 aliphatic heterocycles. The summed E-state index contributed by atoms with van der Waals surface area (Å²) in [5.74, 6) is 0. The van der Waals surface area contributed by atoms with Crippen LogP contribution in [0.25, 0.3) is 77.7 Å². The zero-order valence-electron chi connectivity index (χ0n) is 28.1. The molecule has 6 aromatic carbocycles. The van der Waals surface area contributed by atoms with Crippen LogP contribution in [-0.4, -0.2) is 13.7 Å².